The van der Waals surface area contributed by atoms with Gasteiger partial charge in [-0.05, 0) is 71.6 Å². The van der Waals surface area contributed by atoms with Crippen molar-refractivity contribution in [3.05, 3.63) is 103 Å². The van der Waals surface area contributed by atoms with E-state index < -0.39 is 11.8 Å². The number of rotatable bonds is 9. The van der Waals surface area contributed by atoms with Gasteiger partial charge in [0.05, 0.1) is 18.5 Å². The molecular formula is C30H26FN5O2. The van der Waals surface area contributed by atoms with Gasteiger partial charge in [-0.3, -0.25) is 9.78 Å². The summed E-state index contributed by atoms with van der Waals surface area (Å²) in [5.41, 5.74) is 9.85. The summed E-state index contributed by atoms with van der Waals surface area (Å²) < 4.78 is 19.1. The Bertz CT molecular complexity index is 1590. The molecule has 5 rings (SSSR count). The number of nitrogens with zero attached hydrogens (tertiary/aromatic N) is 3. The van der Waals surface area contributed by atoms with Crippen LogP contribution in [0.2, 0.25) is 0 Å². The van der Waals surface area contributed by atoms with Gasteiger partial charge in [0.2, 0.25) is 5.91 Å². The molecule has 0 spiro atoms. The minimum Gasteiger partial charge on any atom is -0.497 e. The maximum Gasteiger partial charge on any atom is 0.222 e. The van der Waals surface area contributed by atoms with Gasteiger partial charge < -0.3 is 15.8 Å². The van der Waals surface area contributed by atoms with Crippen LogP contribution in [0.1, 0.15) is 5.56 Å². The van der Waals surface area contributed by atoms with E-state index in [0.717, 1.165) is 33.3 Å². The van der Waals surface area contributed by atoms with Crippen molar-refractivity contribution >= 4 is 22.6 Å². The average Bonchev–Trinajstić information content (AvgIpc) is 2.95. The molecule has 5 aromatic rings. The van der Waals surface area contributed by atoms with Crippen molar-refractivity contribution in [3.63, 3.8) is 0 Å². The predicted molar refractivity (Wildman–Crippen MR) is 146 cm³/mol. The number of benzene rings is 3. The van der Waals surface area contributed by atoms with Crippen LogP contribution in [0.25, 0.3) is 33.4 Å². The Kier molecular flexibility index (Phi) is 7.21. The Morgan fingerprint density at radius 2 is 1.79 bits per heavy atom. The molecule has 190 valence electrons. The number of amides is 1. The summed E-state index contributed by atoms with van der Waals surface area (Å²) in [6.07, 6.45) is 3.69. The largest absolute Gasteiger partial charge is 0.497 e. The zero-order valence-corrected chi connectivity index (χ0v) is 20.8. The lowest BCUT2D eigenvalue weighted by Crippen LogP contribution is -2.31. The first kappa shape index (κ1) is 24.8. The number of fused-ring (bicyclic) bond motifs is 1. The Labute approximate surface area is 219 Å². The lowest BCUT2D eigenvalue weighted by molar-refractivity contribution is -0.121. The smallest absolute Gasteiger partial charge is 0.222 e. The topological polar surface area (TPSA) is 103 Å². The second kappa shape index (κ2) is 11.0. The molecule has 0 aliphatic rings. The number of methoxy groups -OCH3 is 1. The molecule has 2 heterocycles. The normalized spacial score (nSPS) is 11.7. The molecule has 0 aliphatic carbocycles. The van der Waals surface area contributed by atoms with Crippen LogP contribution in [0.15, 0.2) is 91.3 Å². The van der Waals surface area contributed by atoms with E-state index in [9.17, 15) is 9.18 Å². The number of aromatic nitrogens is 3. The van der Waals surface area contributed by atoms with Crippen molar-refractivity contribution in [2.75, 3.05) is 19.0 Å². The molecule has 0 radical (unpaired) electrons. The molecular weight excluding hydrogens is 481 g/mol. The molecule has 3 N–H and O–H groups in total. The summed E-state index contributed by atoms with van der Waals surface area (Å²) in [5, 5.41) is 4.11. The first-order chi connectivity index (χ1) is 18.5. The van der Waals surface area contributed by atoms with E-state index in [4.69, 9.17) is 20.4 Å². The number of carbonyl (C=O) groups excluding carboxylic acids is 1. The fourth-order valence-corrected chi connectivity index (χ4v) is 4.31. The van der Waals surface area contributed by atoms with Crippen molar-refractivity contribution in [2.45, 2.75) is 6.42 Å². The van der Waals surface area contributed by atoms with Crippen LogP contribution in [0, 0.1) is 11.7 Å². The van der Waals surface area contributed by atoms with Gasteiger partial charge >= 0.3 is 0 Å². The van der Waals surface area contributed by atoms with Gasteiger partial charge in [-0.15, -0.1) is 0 Å². The van der Waals surface area contributed by atoms with E-state index in [1.807, 2.05) is 54.6 Å². The Morgan fingerprint density at radius 1 is 0.974 bits per heavy atom. The number of nitrogens with two attached hydrogens (primary N) is 1. The van der Waals surface area contributed by atoms with E-state index in [2.05, 4.69) is 10.3 Å². The van der Waals surface area contributed by atoms with Crippen LogP contribution in [-0.2, 0) is 11.2 Å². The predicted octanol–water partition coefficient (Wildman–Crippen LogP) is 5.26. The molecule has 7 nitrogen and oxygen atoms in total. The molecule has 3 aromatic carbocycles. The van der Waals surface area contributed by atoms with Crippen LogP contribution >= 0.6 is 0 Å². The van der Waals surface area contributed by atoms with Gasteiger partial charge in [0, 0.05) is 29.9 Å². The molecule has 38 heavy (non-hydrogen) atoms. The van der Waals surface area contributed by atoms with Crippen molar-refractivity contribution in [2.24, 2.45) is 11.7 Å². The van der Waals surface area contributed by atoms with Crippen LogP contribution in [0.3, 0.4) is 0 Å². The molecule has 0 saturated carbocycles. The maximum absolute atomic E-state index is 13.7. The standard InChI is InChI=1S/C30H26FN5O2/c1-38-25-9-3-6-20(15-25)21-10-11-27-26(16-21)30(36-29(35-27)22-7-4-12-33-17-22)34-18-23(28(32)37)13-19-5-2-8-24(31)14-19/h2-12,14-17,23H,13,18H2,1H3,(H2,32,37)(H,34,35,36). The minimum absolute atomic E-state index is 0.216. The van der Waals surface area contributed by atoms with Crippen molar-refractivity contribution < 1.29 is 13.9 Å². The number of primary amides is 1. The lowest BCUT2D eigenvalue weighted by Gasteiger charge is -2.17. The molecule has 0 fully saturated rings. The first-order valence-corrected chi connectivity index (χ1v) is 12.1. The number of ether oxygens (including phenoxy) is 1. The lowest BCUT2D eigenvalue weighted by atomic mass is 9.98. The summed E-state index contributed by atoms with van der Waals surface area (Å²) in [7, 11) is 1.63. The number of carbonyl (C=O) groups is 1. The molecule has 0 aliphatic heterocycles. The van der Waals surface area contributed by atoms with Gasteiger partial charge in [0.25, 0.3) is 0 Å². The molecule has 1 atom stereocenters. The van der Waals surface area contributed by atoms with Crippen LogP contribution in [-0.4, -0.2) is 34.5 Å². The molecule has 1 unspecified atom stereocenters. The summed E-state index contributed by atoms with van der Waals surface area (Å²) in [5.74, 6) is 0.402. The summed E-state index contributed by atoms with van der Waals surface area (Å²) >= 11 is 0. The number of nitrogens with one attached hydrogen (secondary N) is 1. The van der Waals surface area contributed by atoms with Crippen molar-refractivity contribution in [1.29, 1.82) is 0 Å². The third kappa shape index (κ3) is 5.59. The number of pyridine rings is 1. The molecule has 1 amide bonds. The Hall–Kier alpha value is -4.85. The number of hydrogen-bond acceptors (Lipinski definition) is 6. The second-order valence-corrected chi connectivity index (χ2v) is 8.92. The van der Waals surface area contributed by atoms with Gasteiger partial charge in [0.1, 0.15) is 17.4 Å². The van der Waals surface area contributed by atoms with E-state index >= 15 is 0 Å². The monoisotopic (exact) mass is 507 g/mol. The first-order valence-electron chi connectivity index (χ1n) is 12.1. The van der Waals surface area contributed by atoms with Gasteiger partial charge in [-0.2, -0.15) is 0 Å². The van der Waals surface area contributed by atoms with Gasteiger partial charge in [0.15, 0.2) is 5.82 Å². The van der Waals surface area contributed by atoms with E-state index in [1.54, 1.807) is 31.6 Å². The van der Waals surface area contributed by atoms with Crippen molar-refractivity contribution in [1.82, 2.24) is 15.0 Å². The van der Waals surface area contributed by atoms with E-state index in [1.165, 1.54) is 12.1 Å². The molecule has 0 bridgehead atoms. The minimum atomic E-state index is -0.578. The highest BCUT2D eigenvalue weighted by Gasteiger charge is 2.18. The van der Waals surface area contributed by atoms with Crippen LogP contribution in [0.4, 0.5) is 10.2 Å². The third-order valence-electron chi connectivity index (χ3n) is 6.31. The van der Waals surface area contributed by atoms with Crippen LogP contribution in [0.5, 0.6) is 5.75 Å². The molecule has 2 aromatic heterocycles. The fourth-order valence-electron chi connectivity index (χ4n) is 4.31. The number of halogens is 1. The average molecular weight is 508 g/mol. The zero-order valence-electron chi connectivity index (χ0n) is 20.8. The van der Waals surface area contributed by atoms with Crippen LogP contribution < -0.4 is 15.8 Å². The highest BCUT2D eigenvalue weighted by molar-refractivity contribution is 5.94. The molecule has 8 heteroatoms. The molecule has 0 saturated heterocycles. The third-order valence-corrected chi connectivity index (χ3v) is 6.31. The second-order valence-electron chi connectivity index (χ2n) is 8.92. The number of hydrogen-bond donors (Lipinski definition) is 2. The summed E-state index contributed by atoms with van der Waals surface area (Å²) in [6, 6.07) is 23.6. The quantitative estimate of drug-likeness (QED) is 0.282. The highest BCUT2D eigenvalue weighted by Crippen LogP contribution is 2.31. The van der Waals surface area contributed by atoms with Crippen molar-refractivity contribution in [3.8, 4) is 28.3 Å². The van der Waals surface area contributed by atoms with Gasteiger partial charge in [-0.1, -0.05) is 30.3 Å². The summed E-state index contributed by atoms with van der Waals surface area (Å²) in [6.45, 7) is 0.216. The van der Waals surface area contributed by atoms with E-state index in [0.29, 0.717) is 23.6 Å². The maximum atomic E-state index is 13.7. The van der Waals surface area contributed by atoms with Gasteiger partial charge in [-0.25, -0.2) is 14.4 Å². The zero-order chi connectivity index (χ0) is 26.5. The fraction of sp³-hybridized carbons (Fsp3) is 0.133. The Balaban J connectivity index is 1.53. The highest BCUT2D eigenvalue weighted by atomic mass is 19.1. The number of anilines is 1. The Morgan fingerprint density at radius 3 is 2.55 bits per heavy atom. The SMILES string of the molecule is COc1cccc(-c2ccc3nc(-c4cccnc4)nc(NCC(Cc4cccc(F)c4)C(N)=O)c3c2)c1. The summed E-state index contributed by atoms with van der Waals surface area (Å²) in [4.78, 5) is 26.0. The van der Waals surface area contributed by atoms with E-state index in [-0.39, 0.29) is 12.4 Å².